The summed E-state index contributed by atoms with van der Waals surface area (Å²) >= 11 is 0. The lowest BCUT2D eigenvalue weighted by Gasteiger charge is -2.06. The van der Waals surface area contributed by atoms with Gasteiger partial charge >= 0.3 is 5.69 Å². The third kappa shape index (κ3) is 3.23. The molecule has 0 aliphatic carbocycles. The van der Waals surface area contributed by atoms with Crippen molar-refractivity contribution in [1.29, 1.82) is 0 Å². The lowest BCUT2D eigenvalue weighted by molar-refractivity contribution is -0.385. The Morgan fingerprint density at radius 2 is 2.35 bits per heavy atom. The Hall–Kier alpha value is -2.51. The summed E-state index contributed by atoms with van der Waals surface area (Å²) in [5.41, 5.74) is 4.97. The number of hydrogen-bond acceptors (Lipinski definition) is 6. The summed E-state index contributed by atoms with van der Waals surface area (Å²) in [6, 6.07) is 4.08. The van der Waals surface area contributed by atoms with Gasteiger partial charge in [0, 0.05) is 0 Å². The van der Waals surface area contributed by atoms with Gasteiger partial charge in [-0.1, -0.05) is 5.16 Å². The van der Waals surface area contributed by atoms with Crippen LogP contribution in [0, 0.1) is 10.1 Å². The van der Waals surface area contributed by atoms with E-state index in [1.54, 1.807) is 0 Å². The van der Waals surface area contributed by atoms with E-state index in [1.165, 1.54) is 25.3 Å². The fourth-order valence-corrected chi connectivity index (χ4v) is 1.09. The van der Waals surface area contributed by atoms with Crippen LogP contribution >= 0.6 is 0 Å². The second-order valence-corrected chi connectivity index (χ2v) is 2.97. The molecule has 1 rings (SSSR count). The first kappa shape index (κ1) is 12.6. The Morgan fingerprint density at radius 3 is 2.88 bits per heavy atom. The van der Waals surface area contributed by atoms with Crippen molar-refractivity contribution in [2.24, 2.45) is 10.9 Å². The number of methoxy groups -OCH3 is 1. The van der Waals surface area contributed by atoms with Crippen LogP contribution in [-0.4, -0.2) is 29.7 Å². The van der Waals surface area contributed by atoms with Gasteiger partial charge in [0.15, 0.2) is 11.6 Å². The lowest BCUT2D eigenvalue weighted by atomic mass is 10.3. The van der Waals surface area contributed by atoms with Gasteiger partial charge in [-0.05, 0) is 12.1 Å². The molecule has 3 N–H and O–H groups in total. The Balaban J connectivity index is 2.89. The van der Waals surface area contributed by atoms with Gasteiger partial charge in [-0.2, -0.15) is 0 Å². The summed E-state index contributed by atoms with van der Waals surface area (Å²) < 4.78 is 9.90. The van der Waals surface area contributed by atoms with Crippen LogP contribution in [0.25, 0.3) is 0 Å². The molecule has 0 saturated heterocycles. The van der Waals surface area contributed by atoms with E-state index in [-0.39, 0.29) is 29.6 Å². The standard InChI is InChI=1S/C9H11N3O5/c1-16-8-3-2-6(4-7(8)12(14)15)17-5-9(10)11-13/h2-4,13H,5H2,1H3,(H2,10,11). The highest BCUT2D eigenvalue weighted by atomic mass is 16.6. The Morgan fingerprint density at radius 1 is 1.65 bits per heavy atom. The van der Waals surface area contributed by atoms with Gasteiger partial charge < -0.3 is 20.4 Å². The van der Waals surface area contributed by atoms with Crippen LogP contribution in [0.4, 0.5) is 5.69 Å². The molecule has 0 bridgehead atoms. The van der Waals surface area contributed by atoms with Crippen LogP contribution in [0.1, 0.15) is 0 Å². The van der Waals surface area contributed by atoms with Crippen molar-refractivity contribution < 1.29 is 19.6 Å². The monoisotopic (exact) mass is 241 g/mol. The lowest BCUT2D eigenvalue weighted by Crippen LogP contribution is -2.20. The number of nitrogens with zero attached hydrogens (tertiary/aromatic N) is 2. The average molecular weight is 241 g/mol. The third-order valence-corrected chi connectivity index (χ3v) is 1.86. The zero-order chi connectivity index (χ0) is 12.8. The van der Waals surface area contributed by atoms with E-state index in [9.17, 15) is 10.1 Å². The molecule has 0 saturated carbocycles. The second-order valence-electron chi connectivity index (χ2n) is 2.97. The number of oxime groups is 1. The summed E-state index contributed by atoms with van der Waals surface area (Å²) in [5.74, 6) is 0.221. The Labute approximate surface area is 96.4 Å². The predicted molar refractivity (Wildman–Crippen MR) is 58.6 cm³/mol. The van der Waals surface area contributed by atoms with Crippen molar-refractivity contribution in [1.82, 2.24) is 0 Å². The summed E-state index contributed by atoms with van der Waals surface area (Å²) in [6.45, 7) is -0.167. The maximum atomic E-state index is 10.7. The van der Waals surface area contributed by atoms with Gasteiger partial charge in [0.05, 0.1) is 18.1 Å². The predicted octanol–water partition coefficient (Wildman–Crippen LogP) is 0.729. The molecule has 0 aliphatic rings. The molecular formula is C9H11N3O5. The zero-order valence-corrected chi connectivity index (χ0v) is 8.99. The molecule has 1 aromatic rings. The molecule has 0 spiro atoms. The normalized spacial score (nSPS) is 11.0. The second kappa shape index (κ2) is 5.54. The van der Waals surface area contributed by atoms with Crippen molar-refractivity contribution >= 4 is 11.5 Å². The van der Waals surface area contributed by atoms with E-state index in [0.29, 0.717) is 0 Å². The zero-order valence-electron chi connectivity index (χ0n) is 8.99. The van der Waals surface area contributed by atoms with Crippen molar-refractivity contribution in [3.05, 3.63) is 28.3 Å². The highest BCUT2D eigenvalue weighted by Gasteiger charge is 2.15. The molecule has 0 unspecified atom stereocenters. The average Bonchev–Trinajstić information content (AvgIpc) is 2.35. The summed E-state index contributed by atoms with van der Waals surface area (Å²) in [5, 5.41) is 21.7. The first-order valence-corrected chi connectivity index (χ1v) is 4.50. The molecule has 0 heterocycles. The minimum atomic E-state index is -0.588. The maximum absolute atomic E-state index is 10.7. The van der Waals surface area contributed by atoms with E-state index in [1.807, 2.05) is 0 Å². The van der Waals surface area contributed by atoms with Gasteiger partial charge in [0.25, 0.3) is 0 Å². The minimum Gasteiger partial charge on any atom is -0.490 e. The van der Waals surface area contributed by atoms with E-state index < -0.39 is 4.92 Å². The molecule has 92 valence electrons. The van der Waals surface area contributed by atoms with Crippen molar-refractivity contribution in [2.45, 2.75) is 0 Å². The van der Waals surface area contributed by atoms with Gasteiger partial charge in [0.1, 0.15) is 12.4 Å². The molecule has 1 aromatic carbocycles. The van der Waals surface area contributed by atoms with Crippen LogP contribution in [0.15, 0.2) is 23.4 Å². The van der Waals surface area contributed by atoms with Gasteiger partial charge in [-0.25, -0.2) is 0 Å². The van der Waals surface area contributed by atoms with Crippen LogP contribution < -0.4 is 15.2 Å². The van der Waals surface area contributed by atoms with Gasteiger partial charge in [-0.3, -0.25) is 10.1 Å². The van der Waals surface area contributed by atoms with Crippen molar-refractivity contribution in [3.63, 3.8) is 0 Å². The third-order valence-electron chi connectivity index (χ3n) is 1.86. The molecule has 0 amide bonds. The highest BCUT2D eigenvalue weighted by molar-refractivity contribution is 5.81. The number of amidine groups is 1. The highest BCUT2D eigenvalue weighted by Crippen LogP contribution is 2.30. The molecule has 0 atom stereocenters. The molecule has 0 radical (unpaired) electrons. The van der Waals surface area contributed by atoms with E-state index in [2.05, 4.69) is 5.16 Å². The summed E-state index contributed by atoms with van der Waals surface area (Å²) in [4.78, 5) is 10.1. The molecule has 8 nitrogen and oxygen atoms in total. The minimum absolute atomic E-state index is 0.131. The quantitative estimate of drug-likeness (QED) is 0.258. The van der Waals surface area contributed by atoms with Crippen molar-refractivity contribution in [3.8, 4) is 11.5 Å². The molecule has 0 aromatic heterocycles. The van der Waals surface area contributed by atoms with Crippen molar-refractivity contribution in [2.75, 3.05) is 13.7 Å². The number of hydrogen-bond donors (Lipinski definition) is 2. The van der Waals surface area contributed by atoms with Gasteiger partial charge in [-0.15, -0.1) is 0 Å². The molecule has 0 aliphatic heterocycles. The molecule has 0 fully saturated rings. The number of nitro benzene ring substituents is 1. The first-order chi connectivity index (χ1) is 8.08. The number of ether oxygens (including phenoxy) is 2. The van der Waals surface area contributed by atoms with Crippen LogP contribution in [-0.2, 0) is 0 Å². The number of rotatable bonds is 5. The molecular weight excluding hydrogens is 230 g/mol. The SMILES string of the molecule is COc1ccc(OC/C(N)=N/O)cc1[N+](=O)[O-]. The van der Waals surface area contributed by atoms with Gasteiger partial charge in [0.2, 0.25) is 0 Å². The Kier molecular flexibility index (Phi) is 4.09. The topological polar surface area (TPSA) is 120 Å². The van der Waals surface area contributed by atoms with Crippen LogP contribution in [0.5, 0.6) is 11.5 Å². The number of benzene rings is 1. The molecule has 17 heavy (non-hydrogen) atoms. The number of nitrogens with two attached hydrogens (primary N) is 1. The van der Waals surface area contributed by atoms with E-state index >= 15 is 0 Å². The fraction of sp³-hybridized carbons (Fsp3) is 0.222. The smallest absolute Gasteiger partial charge is 0.314 e. The fourth-order valence-electron chi connectivity index (χ4n) is 1.09. The van der Waals surface area contributed by atoms with E-state index in [0.717, 1.165) is 0 Å². The van der Waals surface area contributed by atoms with E-state index in [4.69, 9.17) is 20.4 Å². The van der Waals surface area contributed by atoms with Crippen LogP contribution in [0.2, 0.25) is 0 Å². The molecule has 8 heteroatoms. The maximum Gasteiger partial charge on any atom is 0.314 e. The Bertz CT molecular complexity index is 446. The summed E-state index contributed by atoms with van der Waals surface area (Å²) in [7, 11) is 1.33. The largest absolute Gasteiger partial charge is 0.490 e. The number of nitro groups is 1. The first-order valence-electron chi connectivity index (χ1n) is 4.50. The van der Waals surface area contributed by atoms with Crippen LogP contribution in [0.3, 0.4) is 0 Å². The summed E-state index contributed by atoms with van der Waals surface area (Å²) in [6.07, 6.45) is 0.